The molecule has 1 aromatic carbocycles. The highest BCUT2D eigenvalue weighted by Gasteiger charge is 2.24. The second-order valence-electron chi connectivity index (χ2n) is 5.45. The van der Waals surface area contributed by atoms with Gasteiger partial charge >= 0.3 is 0 Å². The van der Waals surface area contributed by atoms with Gasteiger partial charge in [-0.2, -0.15) is 0 Å². The molecule has 1 aliphatic rings. The van der Waals surface area contributed by atoms with Crippen LogP contribution in [0.3, 0.4) is 0 Å². The molecule has 1 saturated heterocycles. The van der Waals surface area contributed by atoms with Gasteiger partial charge in [-0.1, -0.05) is 19.1 Å². The Bertz CT molecular complexity index is 498. The molecule has 1 atom stereocenters. The van der Waals surface area contributed by atoms with E-state index in [1.54, 1.807) is 13.0 Å². The highest BCUT2D eigenvalue weighted by Crippen LogP contribution is 2.30. The Labute approximate surface area is 125 Å². The number of amides is 1. The van der Waals surface area contributed by atoms with Gasteiger partial charge in [0.1, 0.15) is 5.82 Å². The summed E-state index contributed by atoms with van der Waals surface area (Å²) in [5.74, 6) is -0.0991. The summed E-state index contributed by atoms with van der Waals surface area (Å²) in [5.41, 5.74) is 1.65. The first-order valence-corrected chi connectivity index (χ1v) is 7.56. The lowest BCUT2D eigenvalue weighted by Gasteiger charge is -2.37. The van der Waals surface area contributed by atoms with Gasteiger partial charge in [0.2, 0.25) is 5.91 Å². The fraction of sp³-hybridized carbons (Fsp3) is 0.562. The quantitative estimate of drug-likeness (QED) is 0.924. The number of carbonyl (C=O) groups is 1. The summed E-state index contributed by atoms with van der Waals surface area (Å²) in [6.07, 6.45) is 0. The lowest BCUT2D eigenvalue weighted by Crippen LogP contribution is -2.48. The summed E-state index contributed by atoms with van der Waals surface area (Å²) >= 11 is 0. The fourth-order valence-corrected chi connectivity index (χ4v) is 2.88. The Hall–Kier alpha value is -1.62. The summed E-state index contributed by atoms with van der Waals surface area (Å²) < 4.78 is 14.3. The molecule has 0 aromatic heterocycles. The average molecular weight is 293 g/mol. The van der Waals surface area contributed by atoms with Crippen LogP contribution in [0.5, 0.6) is 0 Å². The first-order valence-electron chi connectivity index (χ1n) is 7.56. The molecule has 21 heavy (non-hydrogen) atoms. The Morgan fingerprint density at radius 3 is 2.57 bits per heavy atom. The van der Waals surface area contributed by atoms with Gasteiger partial charge in [-0.05, 0) is 25.1 Å². The van der Waals surface area contributed by atoms with Crippen molar-refractivity contribution in [2.24, 2.45) is 0 Å². The van der Waals surface area contributed by atoms with E-state index in [2.05, 4.69) is 10.2 Å². The van der Waals surface area contributed by atoms with Crippen LogP contribution in [0.4, 0.5) is 10.1 Å². The Morgan fingerprint density at radius 1 is 1.33 bits per heavy atom. The molecule has 1 fully saturated rings. The largest absolute Gasteiger partial charge is 0.365 e. The minimum atomic E-state index is -0.187. The highest BCUT2D eigenvalue weighted by molar-refractivity contribution is 5.73. The number of benzene rings is 1. The molecule has 1 aromatic rings. The third-order valence-corrected chi connectivity index (χ3v) is 4.04. The number of anilines is 1. The number of nitrogens with zero attached hydrogens (tertiary/aromatic N) is 2. The molecule has 1 N–H and O–H groups in total. The van der Waals surface area contributed by atoms with E-state index in [4.69, 9.17) is 0 Å². The zero-order chi connectivity index (χ0) is 15.4. The molecule has 1 unspecified atom stereocenters. The SMILES string of the molecule is CCNC(C)c1cccc(F)c1N1CCN(C(C)=O)CC1. The van der Waals surface area contributed by atoms with Gasteiger partial charge in [-0.15, -0.1) is 0 Å². The second-order valence-corrected chi connectivity index (χ2v) is 5.45. The first kappa shape index (κ1) is 15.8. The van der Waals surface area contributed by atoms with Crippen molar-refractivity contribution in [3.05, 3.63) is 29.6 Å². The minimum Gasteiger partial charge on any atom is -0.365 e. The normalized spacial score (nSPS) is 17.0. The van der Waals surface area contributed by atoms with Crippen molar-refractivity contribution in [2.45, 2.75) is 26.8 Å². The van der Waals surface area contributed by atoms with E-state index < -0.39 is 0 Å². The maximum atomic E-state index is 14.3. The van der Waals surface area contributed by atoms with Gasteiger partial charge in [-0.3, -0.25) is 4.79 Å². The third kappa shape index (κ3) is 3.53. The average Bonchev–Trinajstić information content (AvgIpc) is 2.47. The van der Waals surface area contributed by atoms with E-state index in [0.717, 1.165) is 12.1 Å². The minimum absolute atomic E-state index is 0.0874. The number of hydrogen-bond acceptors (Lipinski definition) is 3. The zero-order valence-corrected chi connectivity index (χ0v) is 13.0. The van der Waals surface area contributed by atoms with Gasteiger partial charge in [0, 0.05) is 39.1 Å². The topological polar surface area (TPSA) is 35.6 Å². The summed E-state index contributed by atoms with van der Waals surface area (Å²) in [5, 5.41) is 3.34. The van der Waals surface area contributed by atoms with Crippen LogP contribution in [-0.4, -0.2) is 43.5 Å². The van der Waals surface area contributed by atoms with E-state index in [1.807, 2.05) is 24.8 Å². The molecular formula is C16H24FN3O. The lowest BCUT2D eigenvalue weighted by molar-refractivity contribution is -0.129. The maximum Gasteiger partial charge on any atom is 0.219 e. The highest BCUT2D eigenvalue weighted by atomic mass is 19.1. The number of piperazine rings is 1. The Kier molecular flexibility index (Phi) is 5.17. The molecule has 0 bridgehead atoms. The first-order chi connectivity index (χ1) is 10.0. The zero-order valence-electron chi connectivity index (χ0n) is 13.0. The van der Waals surface area contributed by atoms with Crippen LogP contribution in [0.15, 0.2) is 18.2 Å². The van der Waals surface area contributed by atoms with Crippen LogP contribution >= 0.6 is 0 Å². The summed E-state index contributed by atoms with van der Waals surface area (Å²) in [7, 11) is 0. The van der Waals surface area contributed by atoms with Gasteiger partial charge in [0.25, 0.3) is 0 Å². The van der Waals surface area contributed by atoms with Gasteiger partial charge in [0.15, 0.2) is 0 Å². The van der Waals surface area contributed by atoms with Gasteiger partial charge in [-0.25, -0.2) is 4.39 Å². The molecule has 2 rings (SSSR count). The van der Waals surface area contributed by atoms with E-state index in [0.29, 0.717) is 31.9 Å². The predicted octanol–water partition coefficient (Wildman–Crippen LogP) is 2.16. The van der Waals surface area contributed by atoms with E-state index in [-0.39, 0.29) is 17.8 Å². The smallest absolute Gasteiger partial charge is 0.219 e. The van der Waals surface area contributed by atoms with Gasteiger partial charge in [0.05, 0.1) is 5.69 Å². The lowest BCUT2D eigenvalue weighted by atomic mass is 10.0. The fourth-order valence-electron chi connectivity index (χ4n) is 2.88. The number of nitrogens with one attached hydrogen (secondary N) is 1. The molecule has 116 valence electrons. The monoisotopic (exact) mass is 293 g/mol. The number of para-hydroxylation sites is 1. The van der Waals surface area contributed by atoms with Crippen molar-refractivity contribution < 1.29 is 9.18 Å². The van der Waals surface area contributed by atoms with E-state index >= 15 is 0 Å². The molecule has 4 nitrogen and oxygen atoms in total. The van der Waals surface area contributed by atoms with Crippen molar-refractivity contribution in [1.82, 2.24) is 10.2 Å². The van der Waals surface area contributed by atoms with Crippen LogP contribution < -0.4 is 10.2 Å². The van der Waals surface area contributed by atoms with Crippen LogP contribution in [0.1, 0.15) is 32.4 Å². The number of carbonyl (C=O) groups excluding carboxylic acids is 1. The van der Waals surface area contributed by atoms with Crippen LogP contribution in [0, 0.1) is 5.82 Å². The van der Waals surface area contributed by atoms with Crippen molar-refractivity contribution in [1.29, 1.82) is 0 Å². The molecule has 0 radical (unpaired) electrons. The van der Waals surface area contributed by atoms with Crippen molar-refractivity contribution >= 4 is 11.6 Å². The number of hydrogen-bond donors (Lipinski definition) is 1. The van der Waals surface area contributed by atoms with E-state index in [1.165, 1.54) is 6.07 Å². The molecule has 0 saturated carbocycles. The molecular weight excluding hydrogens is 269 g/mol. The molecule has 1 heterocycles. The predicted molar refractivity (Wildman–Crippen MR) is 83.0 cm³/mol. The molecule has 1 aliphatic heterocycles. The molecule has 5 heteroatoms. The number of halogens is 1. The van der Waals surface area contributed by atoms with E-state index in [9.17, 15) is 9.18 Å². The third-order valence-electron chi connectivity index (χ3n) is 4.04. The second kappa shape index (κ2) is 6.89. The molecule has 0 spiro atoms. The summed E-state index contributed by atoms with van der Waals surface area (Å²) in [4.78, 5) is 15.3. The molecule has 1 amide bonds. The molecule has 0 aliphatic carbocycles. The summed E-state index contributed by atoms with van der Waals surface area (Å²) in [6.45, 7) is 9.16. The van der Waals surface area contributed by atoms with Crippen molar-refractivity contribution in [2.75, 3.05) is 37.6 Å². The maximum absolute atomic E-state index is 14.3. The van der Waals surface area contributed by atoms with Crippen LogP contribution in [0.25, 0.3) is 0 Å². The van der Waals surface area contributed by atoms with Crippen molar-refractivity contribution in [3.63, 3.8) is 0 Å². The van der Waals surface area contributed by atoms with Crippen LogP contribution in [-0.2, 0) is 4.79 Å². The Balaban J connectivity index is 2.21. The van der Waals surface area contributed by atoms with Gasteiger partial charge < -0.3 is 15.1 Å². The standard InChI is InChI=1S/C16H24FN3O/c1-4-18-12(2)14-6-5-7-15(17)16(14)20-10-8-19(9-11-20)13(3)21/h5-7,12,18H,4,8-11H2,1-3H3. The summed E-state index contributed by atoms with van der Waals surface area (Å²) in [6, 6.07) is 5.35. The van der Waals surface area contributed by atoms with Crippen LogP contribution in [0.2, 0.25) is 0 Å². The van der Waals surface area contributed by atoms with Crippen molar-refractivity contribution in [3.8, 4) is 0 Å². The number of rotatable bonds is 4. The Morgan fingerprint density at radius 2 is 2.00 bits per heavy atom.